The van der Waals surface area contributed by atoms with Crippen LogP contribution in [0.1, 0.15) is 21.1 Å². The Kier molecular flexibility index (Phi) is 6.41. The predicted molar refractivity (Wildman–Crippen MR) is 107 cm³/mol. The highest BCUT2D eigenvalue weighted by molar-refractivity contribution is 7.98. The summed E-state index contributed by atoms with van der Waals surface area (Å²) in [6.45, 7) is 2.06. The SMILES string of the molecule is Cc1cc(=O)c(C(=O)NCCSCc2cccs2)nn1-c1ccccc1F. The van der Waals surface area contributed by atoms with Crippen molar-refractivity contribution in [3.8, 4) is 5.69 Å². The van der Waals surface area contributed by atoms with E-state index in [1.54, 1.807) is 48.2 Å². The van der Waals surface area contributed by atoms with Gasteiger partial charge in [-0.25, -0.2) is 9.07 Å². The number of rotatable bonds is 7. The normalized spacial score (nSPS) is 10.7. The second-order valence-electron chi connectivity index (χ2n) is 5.75. The zero-order chi connectivity index (χ0) is 19.2. The summed E-state index contributed by atoms with van der Waals surface area (Å²) < 4.78 is 15.3. The van der Waals surface area contributed by atoms with Crippen molar-refractivity contribution in [1.82, 2.24) is 15.1 Å². The first-order valence-corrected chi connectivity index (χ1v) is 10.3. The highest BCUT2D eigenvalue weighted by Gasteiger charge is 2.16. The zero-order valence-corrected chi connectivity index (χ0v) is 16.3. The number of hydrogen-bond donors (Lipinski definition) is 1. The molecule has 0 bridgehead atoms. The summed E-state index contributed by atoms with van der Waals surface area (Å²) in [5.41, 5.74) is -0.0837. The van der Waals surface area contributed by atoms with Gasteiger partial charge in [0.2, 0.25) is 5.43 Å². The van der Waals surface area contributed by atoms with E-state index in [1.165, 1.54) is 21.7 Å². The first-order chi connectivity index (χ1) is 13.1. The summed E-state index contributed by atoms with van der Waals surface area (Å²) in [4.78, 5) is 25.8. The van der Waals surface area contributed by atoms with Crippen molar-refractivity contribution in [2.75, 3.05) is 12.3 Å². The van der Waals surface area contributed by atoms with Crippen LogP contribution in [0.15, 0.2) is 52.6 Å². The highest BCUT2D eigenvalue weighted by Crippen LogP contribution is 2.16. The molecule has 0 unspecified atom stereocenters. The number of nitrogens with one attached hydrogen (secondary N) is 1. The van der Waals surface area contributed by atoms with Crippen LogP contribution in [0.5, 0.6) is 0 Å². The topological polar surface area (TPSA) is 64.0 Å². The number of aryl methyl sites for hydroxylation is 1. The van der Waals surface area contributed by atoms with Gasteiger partial charge in [0, 0.05) is 34.7 Å². The molecule has 2 aromatic heterocycles. The van der Waals surface area contributed by atoms with Crippen molar-refractivity contribution in [2.24, 2.45) is 0 Å². The average Bonchev–Trinajstić information content (AvgIpc) is 3.16. The van der Waals surface area contributed by atoms with Gasteiger partial charge in [-0.05, 0) is 30.5 Å². The van der Waals surface area contributed by atoms with Crippen molar-refractivity contribution in [3.63, 3.8) is 0 Å². The van der Waals surface area contributed by atoms with Gasteiger partial charge >= 0.3 is 0 Å². The maximum atomic E-state index is 14.1. The molecular formula is C19H18FN3O2S2. The first kappa shape index (κ1) is 19.3. The summed E-state index contributed by atoms with van der Waals surface area (Å²) in [6.07, 6.45) is 0. The van der Waals surface area contributed by atoms with Crippen molar-refractivity contribution < 1.29 is 9.18 Å². The fraction of sp³-hybridized carbons (Fsp3) is 0.211. The Morgan fingerprint density at radius 1 is 1.30 bits per heavy atom. The maximum Gasteiger partial charge on any atom is 0.275 e. The molecule has 0 aliphatic rings. The number of hydrogen-bond acceptors (Lipinski definition) is 5. The lowest BCUT2D eigenvalue weighted by Gasteiger charge is -2.12. The molecule has 0 fully saturated rings. The minimum Gasteiger partial charge on any atom is -0.350 e. The van der Waals surface area contributed by atoms with Crippen molar-refractivity contribution in [1.29, 1.82) is 0 Å². The summed E-state index contributed by atoms with van der Waals surface area (Å²) in [5, 5.41) is 8.83. The molecule has 27 heavy (non-hydrogen) atoms. The molecule has 0 spiro atoms. The Labute approximate surface area is 164 Å². The number of halogens is 1. The molecule has 3 aromatic rings. The number of benzene rings is 1. The molecule has 140 valence electrons. The van der Waals surface area contributed by atoms with Gasteiger partial charge in [0.05, 0.1) is 0 Å². The Morgan fingerprint density at radius 2 is 2.11 bits per heavy atom. The van der Waals surface area contributed by atoms with E-state index < -0.39 is 17.2 Å². The van der Waals surface area contributed by atoms with E-state index in [2.05, 4.69) is 16.5 Å². The van der Waals surface area contributed by atoms with E-state index in [0.29, 0.717) is 12.2 Å². The Balaban J connectivity index is 1.66. The van der Waals surface area contributed by atoms with Gasteiger partial charge in [0.15, 0.2) is 5.69 Å². The summed E-state index contributed by atoms with van der Waals surface area (Å²) in [7, 11) is 0. The Morgan fingerprint density at radius 3 is 2.85 bits per heavy atom. The first-order valence-electron chi connectivity index (χ1n) is 8.30. The predicted octanol–water partition coefficient (Wildman–Crippen LogP) is 3.40. The third-order valence-corrected chi connectivity index (χ3v) is 5.83. The third kappa shape index (κ3) is 4.84. The van der Waals surface area contributed by atoms with E-state index in [0.717, 1.165) is 11.5 Å². The van der Waals surface area contributed by atoms with Gasteiger partial charge in [0.25, 0.3) is 5.91 Å². The van der Waals surface area contributed by atoms with E-state index in [1.807, 2.05) is 11.4 Å². The number of thiophene rings is 1. The number of para-hydroxylation sites is 1. The van der Waals surface area contributed by atoms with Crippen LogP contribution < -0.4 is 10.7 Å². The van der Waals surface area contributed by atoms with Crippen molar-refractivity contribution in [2.45, 2.75) is 12.7 Å². The largest absolute Gasteiger partial charge is 0.350 e. The fourth-order valence-corrected chi connectivity index (χ4v) is 4.16. The number of nitrogens with zero attached hydrogens (tertiary/aromatic N) is 2. The van der Waals surface area contributed by atoms with Crippen LogP contribution in [0.2, 0.25) is 0 Å². The van der Waals surface area contributed by atoms with Crippen LogP contribution in [0, 0.1) is 12.7 Å². The molecule has 8 heteroatoms. The minimum absolute atomic E-state index is 0.190. The molecule has 0 aliphatic carbocycles. The number of carbonyl (C=O) groups excluding carboxylic acids is 1. The van der Waals surface area contributed by atoms with Crippen LogP contribution in [0.25, 0.3) is 5.69 Å². The van der Waals surface area contributed by atoms with Crippen LogP contribution in [-0.4, -0.2) is 28.0 Å². The van der Waals surface area contributed by atoms with Gasteiger partial charge in [-0.3, -0.25) is 9.59 Å². The zero-order valence-electron chi connectivity index (χ0n) is 14.6. The molecule has 0 aliphatic heterocycles. The number of thioether (sulfide) groups is 1. The molecule has 1 aromatic carbocycles. The fourth-order valence-electron chi connectivity index (χ4n) is 2.46. The molecule has 0 atom stereocenters. The molecular weight excluding hydrogens is 385 g/mol. The monoisotopic (exact) mass is 403 g/mol. The molecule has 3 rings (SSSR count). The van der Waals surface area contributed by atoms with E-state index in [4.69, 9.17) is 0 Å². The quantitative estimate of drug-likeness (QED) is 0.614. The summed E-state index contributed by atoms with van der Waals surface area (Å²) >= 11 is 3.39. The van der Waals surface area contributed by atoms with E-state index in [-0.39, 0.29) is 11.4 Å². The van der Waals surface area contributed by atoms with E-state index >= 15 is 0 Å². The average molecular weight is 404 g/mol. The molecule has 2 heterocycles. The standard InChI is InChI=1S/C19H18FN3O2S2/c1-13-11-17(24)18(22-23(13)16-7-3-2-6-15(16)20)19(25)21-8-10-26-12-14-5-4-9-27-14/h2-7,9,11H,8,10,12H2,1H3,(H,21,25). The highest BCUT2D eigenvalue weighted by atomic mass is 32.2. The van der Waals surface area contributed by atoms with Crippen molar-refractivity contribution >= 4 is 29.0 Å². The lowest BCUT2D eigenvalue weighted by atomic mass is 10.2. The summed E-state index contributed by atoms with van der Waals surface area (Å²) in [6, 6.07) is 11.5. The Bertz CT molecular complexity index is 987. The van der Waals surface area contributed by atoms with Gasteiger partial charge in [-0.2, -0.15) is 16.9 Å². The number of amides is 1. The number of aromatic nitrogens is 2. The second kappa shape index (κ2) is 8.96. The van der Waals surface area contributed by atoms with Crippen LogP contribution in [0.4, 0.5) is 4.39 Å². The maximum absolute atomic E-state index is 14.1. The van der Waals surface area contributed by atoms with Gasteiger partial charge in [0.1, 0.15) is 11.5 Å². The third-order valence-electron chi connectivity index (χ3n) is 3.76. The molecule has 0 saturated carbocycles. The van der Waals surface area contributed by atoms with Crippen LogP contribution in [-0.2, 0) is 5.75 Å². The lowest BCUT2D eigenvalue weighted by molar-refractivity contribution is 0.0948. The molecule has 5 nitrogen and oxygen atoms in total. The molecule has 0 radical (unpaired) electrons. The second-order valence-corrected chi connectivity index (χ2v) is 7.89. The lowest BCUT2D eigenvalue weighted by Crippen LogP contribution is -2.33. The summed E-state index contributed by atoms with van der Waals surface area (Å²) in [5.74, 6) is 0.572. The minimum atomic E-state index is -0.554. The van der Waals surface area contributed by atoms with Gasteiger partial charge in [-0.1, -0.05) is 18.2 Å². The van der Waals surface area contributed by atoms with Crippen LogP contribution in [0.3, 0.4) is 0 Å². The Hall–Kier alpha value is -2.45. The molecule has 0 saturated heterocycles. The van der Waals surface area contributed by atoms with Crippen molar-refractivity contribution in [3.05, 3.63) is 80.2 Å². The van der Waals surface area contributed by atoms with E-state index in [9.17, 15) is 14.0 Å². The molecule has 1 amide bonds. The van der Waals surface area contributed by atoms with Gasteiger partial charge in [-0.15, -0.1) is 11.3 Å². The number of carbonyl (C=O) groups is 1. The smallest absolute Gasteiger partial charge is 0.275 e. The van der Waals surface area contributed by atoms with Crippen LogP contribution >= 0.6 is 23.1 Å². The molecule has 1 N–H and O–H groups in total. The van der Waals surface area contributed by atoms with Gasteiger partial charge < -0.3 is 5.32 Å².